The van der Waals surface area contributed by atoms with Crippen molar-refractivity contribution in [2.75, 3.05) is 26.2 Å². The van der Waals surface area contributed by atoms with Crippen LogP contribution in [-0.2, 0) is 4.79 Å². The van der Waals surface area contributed by atoms with Crippen LogP contribution in [0.5, 0.6) is 0 Å². The largest absolute Gasteiger partial charge is 0.480 e. The van der Waals surface area contributed by atoms with E-state index in [4.69, 9.17) is 5.11 Å². The number of nitrogens with one attached hydrogen (secondary N) is 1. The molecular weight excluding hydrogens is 240 g/mol. The fourth-order valence-electron chi connectivity index (χ4n) is 2.94. The fourth-order valence-corrected chi connectivity index (χ4v) is 2.94. The molecule has 1 saturated heterocycles. The molecule has 1 fully saturated rings. The summed E-state index contributed by atoms with van der Waals surface area (Å²) in [4.78, 5) is 13.5. The van der Waals surface area contributed by atoms with Crippen LogP contribution in [-0.4, -0.2) is 48.2 Å². The Morgan fingerprint density at radius 2 is 2.11 bits per heavy atom. The molecule has 0 aromatic rings. The first-order valence-corrected chi connectivity index (χ1v) is 7.73. The summed E-state index contributed by atoms with van der Waals surface area (Å²) in [7, 11) is 0. The van der Waals surface area contributed by atoms with E-state index in [1.165, 1.54) is 19.3 Å². The molecule has 0 aromatic heterocycles. The number of carboxylic acid groups (broad SMARTS) is 1. The lowest BCUT2D eigenvalue weighted by Crippen LogP contribution is -2.40. The molecule has 0 spiro atoms. The second kappa shape index (κ2) is 8.54. The second-order valence-corrected chi connectivity index (χ2v) is 6.01. The highest BCUT2D eigenvalue weighted by Gasteiger charge is 2.21. The molecule has 1 aliphatic rings. The van der Waals surface area contributed by atoms with Gasteiger partial charge in [0, 0.05) is 6.54 Å². The fraction of sp³-hybridized carbons (Fsp3) is 0.933. The van der Waals surface area contributed by atoms with Crippen molar-refractivity contribution in [1.29, 1.82) is 0 Å². The Bertz CT molecular complexity index is 269. The number of carbonyl (C=O) groups is 1. The average molecular weight is 270 g/mol. The molecule has 0 amide bonds. The molecule has 2 unspecified atom stereocenters. The minimum atomic E-state index is -0.725. The van der Waals surface area contributed by atoms with Gasteiger partial charge in [-0.15, -0.1) is 0 Å². The molecule has 0 aromatic carbocycles. The van der Waals surface area contributed by atoms with E-state index in [0.29, 0.717) is 13.0 Å². The zero-order valence-corrected chi connectivity index (χ0v) is 12.7. The molecule has 0 radical (unpaired) electrons. The first-order chi connectivity index (χ1) is 9.04. The maximum Gasteiger partial charge on any atom is 0.320 e. The van der Waals surface area contributed by atoms with Crippen LogP contribution in [0.25, 0.3) is 0 Å². The summed E-state index contributed by atoms with van der Waals surface area (Å²) in [5, 5.41) is 12.2. The molecule has 2 atom stereocenters. The van der Waals surface area contributed by atoms with Crippen molar-refractivity contribution in [2.24, 2.45) is 11.8 Å². The highest BCUT2D eigenvalue weighted by molar-refractivity contribution is 5.73. The van der Waals surface area contributed by atoms with E-state index in [0.717, 1.165) is 31.5 Å². The topological polar surface area (TPSA) is 52.6 Å². The zero-order valence-electron chi connectivity index (χ0n) is 12.7. The monoisotopic (exact) mass is 270 g/mol. The van der Waals surface area contributed by atoms with Crippen LogP contribution in [0.15, 0.2) is 0 Å². The molecule has 0 bridgehead atoms. The maximum absolute atomic E-state index is 11.1. The van der Waals surface area contributed by atoms with Crippen molar-refractivity contribution in [1.82, 2.24) is 10.2 Å². The van der Waals surface area contributed by atoms with Gasteiger partial charge in [0.05, 0.1) is 0 Å². The van der Waals surface area contributed by atoms with Gasteiger partial charge >= 0.3 is 5.97 Å². The summed E-state index contributed by atoms with van der Waals surface area (Å²) in [5.74, 6) is 0.888. The lowest BCUT2D eigenvalue weighted by Gasteiger charge is -2.23. The molecule has 112 valence electrons. The predicted octanol–water partition coefficient (Wildman–Crippen LogP) is 2.20. The Hall–Kier alpha value is -0.610. The number of aliphatic carboxylic acids is 1. The van der Waals surface area contributed by atoms with Crippen molar-refractivity contribution in [2.45, 2.75) is 52.5 Å². The number of rotatable bonds is 7. The molecule has 0 aliphatic carbocycles. The first-order valence-electron chi connectivity index (χ1n) is 7.73. The average Bonchev–Trinajstić information content (AvgIpc) is 2.59. The molecule has 0 saturated carbocycles. The molecule has 1 heterocycles. The molecule has 4 nitrogen and oxygen atoms in total. The zero-order chi connectivity index (χ0) is 14.3. The van der Waals surface area contributed by atoms with Crippen molar-refractivity contribution in [3.63, 3.8) is 0 Å². The number of nitrogens with zero attached hydrogens (tertiary/aromatic N) is 1. The van der Waals surface area contributed by atoms with Crippen molar-refractivity contribution < 1.29 is 9.90 Å². The van der Waals surface area contributed by atoms with E-state index in [-0.39, 0.29) is 0 Å². The Labute approximate surface area is 117 Å². The van der Waals surface area contributed by atoms with E-state index in [1.54, 1.807) is 0 Å². The lowest BCUT2D eigenvalue weighted by atomic mass is 9.89. The quantitative estimate of drug-likeness (QED) is 0.744. The number of hydrogen-bond acceptors (Lipinski definition) is 3. The Kier molecular flexibility index (Phi) is 7.39. The van der Waals surface area contributed by atoms with Gasteiger partial charge in [-0.1, -0.05) is 20.8 Å². The van der Waals surface area contributed by atoms with Crippen LogP contribution in [0.1, 0.15) is 46.5 Å². The molecule has 1 aliphatic heterocycles. The summed E-state index contributed by atoms with van der Waals surface area (Å²) < 4.78 is 0. The third-order valence-corrected chi connectivity index (χ3v) is 4.29. The van der Waals surface area contributed by atoms with Crippen LogP contribution in [0, 0.1) is 11.8 Å². The summed E-state index contributed by atoms with van der Waals surface area (Å²) in [5.41, 5.74) is 0. The van der Waals surface area contributed by atoms with Crippen LogP contribution in [0.2, 0.25) is 0 Å². The van der Waals surface area contributed by atoms with Crippen molar-refractivity contribution in [3.8, 4) is 0 Å². The smallest absolute Gasteiger partial charge is 0.320 e. The van der Waals surface area contributed by atoms with E-state index in [2.05, 4.69) is 24.1 Å². The molecular formula is C15H30N2O2. The summed E-state index contributed by atoms with van der Waals surface area (Å²) in [6, 6.07) is -0.394. The third kappa shape index (κ3) is 5.91. The van der Waals surface area contributed by atoms with Crippen LogP contribution in [0.3, 0.4) is 0 Å². The standard InChI is InChI=1S/C15H30N2O2/c1-4-16-14(15(18)19)8-11-17-9-5-6-13(7-10-17)12(2)3/h12-14,16H,4-11H2,1-3H3,(H,18,19). The number of carboxylic acids is 1. The first kappa shape index (κ1) is 16.4. The van der Waals surface area contributed by atoms with Gasteiger partial charge < -0.3 is 15.3 Å². The Morgan fingerprint density at radius 3 is 2.68 bits per heavy atom. The number of hydrogen-bond donors (Lipinski definition) is 2. The van der Waals surface area contributed by atoms with Crippen LogP contribution >= 0.6 is 0 Å². The molecule has 1 rings (SSSR count). The van der Waals surface area contributed by atoms with Crippen molar-refractivity contribution >= 4 is 5.97 Å². The molecule has 2 N–H and O–H groups in total. The molecule has 19 heavy (non-hydrogen) atoms. The lowest BCUT2D eigenvalue weighted by molar-refractivity contribution is -0.139. The van der Waals surface area contributed by atoms with E-state index in [1.807, 2.05) is 6.92 Å². The summed E-state index contributed by atoms with van der Waals surface area (Å²) in [6.45, 7) is 10.4. The third-order valence-electron chi connectivity index (χ3n) is 4.29. The highest BCUT2D eigenvalue weighted by atomic mass is 16.4. The highest BCUT2D eigenvalue weighted by Crippen LogP contribution is 2.24. The van der Waals surface area contributed by atoms with Gasteiger partial charge in [-0.25, -0.2) is 0 Å². The van der Waals surface area contributed by atoms with Gasteiger partial charge in [-0.3, -0.25) is 4.79 Å². The minimum Gasteiger partial charge on any atom is -0.480 e. The van der Waals surface area contributed by atoms with Gasteiger partial charge in [0.15, 0.2) is 0 Å². The van der Waals surface area contributed by atoms with E-state index >= 15 is 0 Å². The molecule has 4 heteroatoms. The second-order valence-electron chi connectivity index (χ2n) is 6.01. The van der Waals surface area contributed by atoms with Gasteiger partial charge in [-0.05, 0) is 57.2 Å². The number of likely N-dealkylation sites (tertiary alicyclic amines) is 1. The van der Waals surface area contributed by atoms with E-state index in [9.17, 15) is 4.79 Å². The van der Waals surface area contributed by atoms with E-state index < -0.39 is 12.0 Å². The SMILES string of the molecule is CCNC(CCN1CCCC(C(C)C)CC1)C(=O)O. The van der Waals surface area contributed by atoms with Crippen LogP contribution in [0.4, 0.5) is 0 Å². The predicted molar refractivity (Wildman–Crippen MR) is 78.3 cm³/mol. The Balaban J connectivity index is 2.34. The number of likely N-dealkylation sites (N-methyl/N-ethyl adjacent to an activating group) is 1. The summed E-state index contributed by atoms with van der Waals surface area (Å²) in [6.07, 6.45) is 4.54. The van der Waals surface area contributed by atoms with Gasteiger partial charge in [0.1, 0.15) is 6.04 Å². The maximum atomic E-state index is 11.1. The Morgan fingerprint density at radius 1 is 1.37 bits per heavy atom. The minimum absolute atomic E-state index is 0.394. The van der Waals surface area contributed by atoms with Gasteiger partial charge in [0.25, 0.3) is 0 Å². The van der Waals surface area contributed by atoms with Gasteiger partial charge in [-0.2, -0.15) is 0 Å². The van der Waals surface area contributed by atoms with Crippen LogP contribution < -0.4 is 5.32 Å². The summed E-state index contributed by atoms with van der Waals surface area (Å²) >= 11 is 0. The normalized spacial score (nSPS) is 23.3. The van der Waals surface area contributed by atoms with Crippen molar-refractivity contribution in [3.05, 3.63) is 0 Å². The van der Waals surface area contributed by atoms with Gasteiger partial charge in [0.2, 0.25) is 0 Å².